The van der Waals surface area contributed by atoms with Crippen LogP contribution in [0.5, 0.6) is 0 Å². The van der Waals surface area contributed by atoms with Gasteiger partial charge in [0.1, 0.15) is 0 Å². The van der Waals surface area contributed by atoms with Gasteiger partial charge in [0.25, 0.3) is 0 Å². The molecule has 2 nitrogen and oxygen atoms in total. The maximum absolute atomic E-state index is 5.10. The molecule has 0 aromatic carbocycles. The first-order valence-electron chi connectivity index (χ1n) is 3.92. The maximum atomic E-state index is 5.10. The molecule has 1 aliphatic rings. The van der Waals surface area contributed by atoms with Crippen LogP contribution in [-0.4, -0.2) is 26.3 Å². The van der Waals surface area contributed by atoms with E-state index < -0.39 is 0 Å². The van der Waals surface area contributed by atoms with E-state index in [1.54, 1.807) is 7.11 Å². The van der Waals surface area contributed by atoms with Crippen LogP contribution < -0.4 is 4.90 Å². The largest absolute Gasteiger partial charge is 0.465 e. The molecule has 0 spiro atoms. The van der Waals surface area contributed by atoms with Gasteiger partial charge in [0, 0.05) is 19.4 Å². The first-order valence-corrected chi connectivity index (χ1v) is 3.92. The molecule has 60 valence electrons. The molecule has 0 radical (unpaired) electrons. The van der Waals surface area contributed by atoms with Crippen LogP contribution in [0.25, 0.3) is 0 Å². The van der Waals surface area contributed by atoms with Gasteiger partial charge in [-0.15, -0.1) is 0 Å². The van der Waals surface area contributed by atoms with Crippen molar-refractivity contribution < 1.29 is 9.64 Å². The Morgan fingerprint density at radius 3 is 2.80 bits per heavy atom. The van der Waals surface area contributed by atoms with Gasteiger partial charge in [-0.05, 0) is 6.92 Å². The van der Waals surface area contributed by atoms with Gasteiger partial charge in [0.15, 0.2) is 0 Å². The van der Waals surface area contributed by atoms with E-state index in [0.29, 0.717) is 6.04 Å². The predicted molar refractivity (Wildman–Crippen MR) is 40.6 cm³/mol. The number of quaternary nitrogens is 1. The molecule has 1 saturated heterocycles. The number of nitrogens with one attached hydrogen (secondary N) is 1. The number of rotatable bonds is 2. The fourth-order valence-electron chi connectivity index (χ4n) is 1.62. The molecule has 1 unspecified atom stereocenters. The van der Waals surface area contributed by atoms with Crippen molar-refractivity contribution >= 4 is 0 Å². The van der Waals surface area contributed by atoms with Crippen LogP contribution in [0.4, 0.5) is 0 Å². The summed E-state index contributed by atoms with van der Waals surface area (Å²) in [7, 11) is 5.78. The first-order chi connectivity index (χ1) is 4.75. The highest BCUT2D eigenvalue weighted by Crippen LogP contribution is 2.10. The molecule has 0 saturated carbocycles. The zero-order valence-electron chi connectivity index (χ0n) is 6.89. The van der Waals surface area contributed by atoms with Crippen LogP contribution >= 0.6 is 0 Å². The molecule has 1 N–H and O–H groups in total. The summed E-state index contributed by atoms with van der Waals surface area (Å²) in [6.07, 6.45) is 1.27. The SMILES string of the molecule is [CH2-][NH+]1CC[C@H](COC)[C@@H]1C. The zero-order chi connectivity index (χ0) is 7.56. The minimum absolute atomic E-state index is 0.681. The smallest absolute Gasteiger partial charge is 0.0659 e. The molecule has 2 heteroatoms. The van der Waals surface area contributed by atoms with E-state index in [4.69, 9.17) is 4.74 Å². The van der Waals surface area contributed by atoms with Crippen LogP contribution in [0, 0.1) is 13.0 Å². The lowest BCUT2D eigenvalue weighted by Crippen LogP contribution is -3.08. The Hall–Kier alpha value is -0.0800. The molecule has 1 rings (SSSR count). The van der Waals surface area contributed by atoms with Gasteiger partial charge in [-0.1, -0.05) is 0 Å². The Kier molecular flexibility index (Phi) is 2.69. The Bertz CT molecular complexity index is 103. The van der Waals surface area contributed by atoms with Gasteiger partial charge < -0.3 is 9.64 Å². The fourth-order valence-corrected chi connectivity index (χ4v) is 1.62. The van der Waals surface area contributed by atoms with Crippen LogP contribution in [0.15, 0.2) is 0 Å². The lowest BCUT2D eigenvalue weighted by atomic mass is 10.0. The van der Waals surface area contributed by atoms with Crippen molar-refractivity contribution in [1.82, 2.24) is 0 Å². The molecular formula is C8H17NO. The van der Waals surface area contributed by atoms with Crippen molar-refractivity contribution in [3.8, 4) is 0 Å². The molecule has 0 amide bonds. The zero-order valence-corrected chi connectivity index (χ0v) is 6.89. The molecule has 1 fully saturated rings. The molecule has 10 heavy (non-hydrogen) atoms. The lowest BCUT2D eigenvalue weighted by Gasteiger charge is -2.22. The van der Waals surface area contributed by atoms with Gasteiger partial charge in [-0.2, -0.15) is 7.05 Å². The normalized spacial score (nSPS) is 40.5. The average Bonchev–Trinajstić information content (AvgIpc) is 2.20. The monoisotopic (exact) mass is 143 g/mol. The third kappa shape index (κ3) is 1.50. The van der Waals surface area contributed by atoms with Crippen molar-refractivity contribution in [2.75, 3.05) is 20.3 Å². The van der Waals surface area contributed by atoms with E-state index in [1.165, 1.54) is 17.9 Å². The minimum Gasteiger partial charge on any atom is -0.465 e. The van der Waals surface area contributed by atoms with E-state index in [0.717, 1.165) is 12.5 Å². The van der Waals surface area contributed by atoms with Crippen LogP contribution in [-0.2, 0) is 4.74 Å². The topological polar surface area (TPSA) is 13.7 Å². The van der Waals surface area contributed by atoms with Gasteiger partial charge >= 0.3 is 0 Å². The fraction of sp³-hybridized carbons (Fsp3) is 0.875. The quantitative estimate of drug-likeness (QED) is 0.525. The molecule has 1 heterocycles. The molecule has 0 aromatic heterocycles. The van der Waals surface area contributed by atoms with Crippen molar-refractivity contribution in [3.63, 3.8) is 0 Å². The second-order valence-corrected chi connectivity index (χ2v) is 3.20. The third-order valence-corrected chi connectivity index (χ3v) is 2.57. The van der Waals surface area contributed by atoms with Gasteiger partial charge in [-0.3, -0.25) is 0 Å². The molecule has 0 bridgehead atoms. The molecule has 1 aliphatic heterocycles. The Morgan fingerprint density at radius 2 is 2.40 bits per heavy atom. The number of hydrogen-bond donors (Lipinski definition) is 1. The predicted octanol–water partition coefficient (Wildman–Crippen LogP) is -0.282. The van der Waals surface area contributed by atoms with Gasteiger partial charge in [0.05, 0.1) is 19.2 Å². The van der Waals surface area contributed by atoms with E-state index >= 15 is 0 Å². The molecule has 0 aromatic rings. The Balaban J connectivity index is 2.33. The molecular weight excluding hydrogens is 126 g/mol. The highest BCUT2D eigenvalue weighted by Gasteiger charge is 2.28. The Morgan fingerprint density at radius 1 is 1.70 bits per heavy atom. The van der Waals surface area contributed by atoms with Crippen LogP contribution in [0.3, 0.4) is 0 Å². The summed E-state index contributed by atoms with van der Waals surface area (Å²) < 4.78 is 5.10. The van der Waals surface area contributed by atoms with Gasteiger partial charge in [-0.25, -0.2) is 0 Å². The van der Waals surface area contributed by atoms with Crippen LogP contribution in [0.2, 0.25) is 0 Å². The second-order valence-electron chi connectivity index (χ2n) is 3.20. The standard InChI is InChI=1S/C8H17NO/c1-7-8(6-10-3)4-5-9(7)2/h7-9H,2,4-6H2,1,3H3/t7-,8+/m0/s1. The second kappa shape index (κ2) is 3.35. The van der Waals surface area contributed by atoms with E-state index in [9.17, 15) is 0 Å². The maximum Gasteiger partial charge on any atom is 0.0659 e. The van der Waals surface area contributed by atoms with Crippen molar-refractivity contribution in [2.45, 2.75) is 19.4 Å². The summed E-state index contributed by atoms with van der Waals surface area (Å²) >= 11 is 0. The highest BCUT2D eigenvalue weighted by molar-refractivity contribution is 4.69. The summed E-state index contributed by atoms with van der Waals surface area (Å²) in [5, 5.41) is 0. The summed E-state index contributed by atoms with van der Waals surface area (Å²) in [5.74, 6) is 0.734. The summed E-state index contributed by atoms with van der Waals surface area (Å²) in [4.78, 5) is 1.40. The van der Waals surface area contributed by atoms with Gasteiger partial charge in [0.2, 0.25) is 0 Å². The third-order valence-electron chi connectivity index (χ3n) is 2.57. The Labute approximate surface area is 63.2 Å². The lowest BCUT2D eigenvalue weighted by molar-refractivity contribution is -0.866. The highest BCUT2D eigenvalue weighted by atomic mass is 16.5. The number of likely N-dealkylation sites (tertiary alicyclic amines) is 1. The summed E-state index contributed by atoms with van der Waals surface area (Å²) in [5.41, 5.74) is 0. The summed E-state index contributed by atoms with van der Waals surface area (Å²) in [6.45, 7) is 4.36. The number of methoxy groups -OCH3 is 1. The number of hydrogen-bond acceptors (Lipinski definition) is 1. The number of ether oxygens (including phenoxy) is 1. The van der Waals surface area contributed by atoms with Crippen molar-refractivity contribution in [1.29, 1.82) is 0 Å². The van der Waals surface area contributed by atoms with Crippen LogP contribution in [0.1, 0.15) is 13.3 Å². The first kappa shape index (κ1) is 8.02. The van der Waals surface area contributed by atoms with Crippen molar-refractivity contribution in [2.24, 2.45) is 5.92 Å². The molecule has 0 aliphatic carbocycles. The summed E-state index contributed by atoms with van der Waals surface area (Å²) in [6, 6.07) is 0.681. The van der Waals surface area contributed by atoms with Crippen molar-refractivity contribution in [3.05, 3.63) is 7.05 Å². The van der Waals surface area contributed by atoms with E-state index in [2.05, 4.69) is 14.0 Å². The molecule has 3 atom stereocenters. The van der Waals surface area contributed by atoms with E-state index in [-0.39, 0.29) is 0 Å². The van der Waals surface area contributed by atoms with E-state index in [1.807, 2.05) is 0 Å². The average molecular weight is 143 g/mol. The minimum atomic E-state index is 0.681.